The Morgan fingerprint density at radius 1 is 1.07 bits per heavy atom. The van der Waals surface area contributed by atoms with Gasteiger partial charge >= 0.3 is 11.6 Å². The maximum atomic E-state index is 12.6. The summed E-state index contributed by atoms with van der Waals surface area (Å²) in [4.78, 5) is 23.8. The second-order valence-corrected chi connectivity index (χ2v) is 9.59. The summed E-state index contributed by atoms with van der Waals surface area (Å²) in [5, 5.41) is 15.7. The van der Waals surface area contributed by atoms with E-state index in [1.165, 1.54) is 18.3 Å². The van der Waals surface area contributed by atoms with Gasteiger partial charge in [-0.05, 0) is 88.7 Å². The van der Waals surface area contributed by atoms with Crippen molar-refractivity contribution >= 4 is 17.8 Å². The number of rotatable bonds is 13. The van der Waals surface area contributed by atoms with Gasteiger partial charge in [0.25, 0.3) is 0 Å². The Hall–Kier alpha value is -5.06. The number of hydrazone groups is 1. The second kappa shape index (κ2) is 13.5. The summed E-state index contributed by atoms with van der Waals surface area (Å²) in [7, 11) is 0. The molecular formula is C31H34N4O7. The number of hydrogen-bond acceptors (Lipinski definition) is 8. The summed E-state index contributed by atoms with van der Waals surface area (Å²) >= 11 is 0. The number of furan rings is 1. The first-order chi connectivity index (χ1) is 20.2. The van der Waals surface area contributed by atoms with Crippen molar-refractivity contribution in [2.75, 3.05) is 6.61 Å². The normalized spacial score (nSPS) is 11.8. The lowest BCUT2D eigenvalue weighted by Gasteiger charge is -2.16. The highest BCUT2D eigenvalue weighted by atomic mass is 16.6. The number of amides is 1. The number of nitrogens with one attached hydrogen (secondary N) is 1. The van der Waals surface area contributed by atoms with E-state index in [0.717, 1.165) is 17.1 Å². The molecule has 0 bridgehead atoms. The van der Waals surface area contributed by atoms with Crippen molar-refractivity contribution in [3.63, 3.8) is 0 Å². The van der Waals surface area contributed by atoms with Crippen molar-refractivity contribution in [3.05, 3.63) is 99.2 Å². The third-order valence-electron chi connectivity index (χ3n) is 6.46. The Bertz CT molecular complexity index is 1550. The van der Waals surface area contributed by atoms with Gasteiger partial charge in [-0.1, -0.05) is 6.92 Å². The third-order valence-corrected chi connectivity index (χ3v) is 6.46. The Kier molecular flexibility index (Phi) is 9.64. The van der Waals surface area contributed by atoms with E-state index in [0.29, 0.717) is 23.5 Å². The summed E-state index contributed by atoms with van der Waals surface area (Å²) in [5.41, 5.74) is 5.80. The molecule has 0 fully saturated rings. The van der Waals surface area contributed by atoms with Gasteiger partial charge in [-0.2, -0.15) is 5.10 Å². The molecule has 2 aromatic heterocycles. The standard InChI is InChI=1S/C31H34N4O7/c1-6-22(5)41-30-27(35(37)38)16-23(17-29(30)39-7-2)18-32-33-31(36)28-15-14-26(42-28)19-40-25-12-10-24(11-13-25)34-20(3)8-9-21(34)4/h8-18,22H,6-7,19H2,1-5H3,(H,33,36)/b32-18+/t22-/m0/s1. The molecule has 0 aliphatic rings. The van der Waals surface area contributed by atoms with E-state index in [4.69, 9.17) is 18.6 Å². The van der Waals surface area contributed by atoms with Crippen molar-refractivity contribution in [2.24, 2.45) is 5.10 Å². The number of nitro groups is 1. The molecular weight excluding hydrogens is 540 g/mol. The smallest absolute Gasteiger partial charge is 0.315 e. The molecule has 0 spiro atoms. The molecule has 0 aliphatic heterocycles. The highest BCUT2D eigenvalue weighted by Gasteiger charge is 2.24. The minimum Gasteiger partial charge on any atom is -0.490 e. The van der Waals surface area contributed by atoms with Crippen molar-refractivity contribution in [1.82, 2.24) is 9.99 Å². The molecule has 0 unspecified atom stereocenters. The molecule has 42 heavy (non-hydrogen) atoms. The SMILES string of the molecule is CCOc1cc(/C=N/NC(=O)c2ccc(COc3ccc(-n4c(C)ccc4C)cc3)o2)cc([N+](=O)[O-])c1O[C@@H](C)CC. The first kappa shape index (κ1) is 29.9. The van der Waals surface area contributed by atoms with E-state index in [1.807, 2.05) is 38.1 Å². The van der Waals surface area contributed by atoms with E-state index < -0.39 is 10.8 Å². The van der Waals surface area contributed by atoms with Crippen LogP contribution in [0.5, 0.6) is 17.2 Å². The van der Waals surface area contributed by atoms with Gasteiger partial charge in [-0.25, -0.2) is 5.43 Å². The molecule has 0 saturated carbocycles. The average Bonchev–Trinajstić information content (AvgIpc) is 3.59. The Balaban J connectivity index is 1.37. The minimum atomic E-state index is -0.587. The summed E-state index contributed by atoms with van der Waals surface area (Å²) in [6.07, 6.45) is 1.71. The molecule has 2 heterocycles. The topological polar surface area (TPSA) is 130 Å². The maximum absolute atomic E-state index is 12.6. The molecule has 1 N–H and O–H groups in total. The number of hydrogen-bond donors (Lipinski definition) is 1. The van der Waals surface area contributed by atoms with Gasteiger partial charge in [0.2, 0.25) is 5.75 Å². The molecule has 2 aromatic carbocycles. The highest BCUT2D eigenvalue weighted by Crippen LogP contribution is 2.39. The zero-order valence-electron chi connectivity index (χ0n) is 24.2. The van der Waals surface area contributed by atoms with E-state index in [9.17, 15) is 14.9 Å². The molecule has 1 atom stereocenters. The van der Waals surface area contributed by atoms with Crippen LogP contribution in [0.3, 0.4) is 0 Å². The molecule has 0 aliphatic carbocycles. The van der Waals surface area contributed by atoms with Crippen LogP contribution in [0.15, 0.2) is 70.2 Å². The van der Waals surface area contributed by atoms with Gasteiger partial charge in [-0.15, -0.1) is 0 Å². The molecule has 11 nitrogen and oxygen atoms in total. The highest BCUT2D eigenvalue weighted by molar-refractivity contribution is 5.92. The molecule has 1 amide bonds. The van der Waals surface area contributed by atoms with E-state index in [2.05, 4.69) is 41.1 Å². The Morgan fingerprint density at radius 2 is 1.79 bits per heavy atom. The quantitative estimate of drug-likeness (QED) is 0.109. The monoisotopic (exact) mass is 574 g/mol. The van der Waals surface area contributed by atoms with Crippen molar-refractivity contribution < 1.29 is 28.3 Å². The van der Waals surface area contributed by atoms with Crippen LogP contribution in [0.25, 0.3) is 5.69 Å². The number of aromatic nitrogens is 1. The van der Waals surface area contributed by atoms with Crippen LogP contribution >= 0.6 is 0 Å². The Morgan fingerprint density at radius 3 is 2.43 bits per heavy atom. The third kappa shape index (κ3) is 7.17. The van der Waals surface area contributed by atoms with Crippen LogP contribution in [0.4, 0.5) is 5.69 Å². The number of carbonyl (C=O) groups excluding carboxylic acids is 1. The predicted octanol–water partition coefficient (Wildman–Crippen LogP) is 6.51. The molecule has 220 valence electrons. The zero-order chi connectivity index (χ0) is 30.2. The van der Waals surface area contributed by atoms with Crippen molar-refractivity contribution in [3.8, 4) is 22.9 Å². The predicted molar refractivity (Wildman–Crippen MR) is 158 cm³/mol. The fraction of sp³-hybridized carbons (Fsp3) is 0.290. The van der Waals surface area contributed by atoms with Gasteiger partial charge < -0.3 is 23.2 Å². The second-order valence-electron chi connectivity index (χ2n) is 9.59. The molecule has 0 saturated heterocycles. The summed E-state index contributed by atoms with van der Waals surface area (Å²) in [5.74, 6) is 0.854. The number of aryl methyl sites for hydroxylation is 2. The van der Waals surface area contributed by atoms with Crippen molar-refractivity contribution in [1.29, 1.82) is 0 Å². The average molecular weight is 575 g/mol. The fourth-order valence-corrected chi connectivity index (χ4v) is 4.20. The molecule has 4 aromatic rings. The summed E-state index contributed by atoms with van der Waals surface area (Å²) in [6, 6.07) is 17.9. The van der Waals surface area contributed by atoms with Gasteiger partial charge in [0.15, 0.2) is 11.5 Å². The number of nitrogens with zero attached hydrogens (tertiary/aromatic N) is 3. The van der Waals surface area contributed by atoms with E-state index in [1.54, 1.807) is 19.1 Å². The lowest BCUT2D eigenvalue weighted by atomic mass is 10.1. The number of ether oxygens (including phenoxy) is 3. The number of nitro benzene ring substituents is 1. The summed E-state index contributed by atoms with van der Waals surface area (Å²) in [6.45, 7) is 10.0. The van der Waals surface area contributed by atoms with E-state index >= 15 is 0 Å². The van der Waals surface area contributed by atoms with Gasteiger partial charge in [0.1, 0.15) is 18.1 Å². The van der Waals surface area contributed by atoms with Crippen LogP contribution in [-0.2, 0) is 6.61 Å². The molecule has 11 heteroatoms. The summed E-state index contributed by atoms with van der Waals surface area (Å²) < 4.78 is 24.9. The van der Waals surface area contributed by atoms with Gasteiger partial charge in [-0.3, -0.25) is 14.9 Å². The van der Waals surface area contributed by atoms with Crippen LogP contribution < -0.4 is 19.6 Å². The fourth-order valence-electron chi connectivity index (χ4n) is 4.20. The largest absolute Gasteiger partial charge is 0.490 e. The maximum Gasteiger partial charge on any atom is 0.315 e. The number of carbonyl (C=O) groups is 1. The van der Waals surface area contributed by atoms with Crippen molar-refractivity contribution in [2.45, 2.75) is 53.8 Å². The minimum absolute atomic E-state index is 0.0398. The van der Waals surface area contributed by atoms with Crippen LogP contribution in [0, 0.1) is 24.0 Å². The first-order valence-electron chi connectivity index (χ1n) is 13.6. The van der Waals surface area contributed by atoms with Gasteiger partial charge in [0.05, 0.1) is 23.8 Å². The van der Waals surface area contributed by atoms with Crippen LogP contribution in [-0.4, -0.2) is 34.3 Å². The van der Waals surface area contributed by atoms with Gasteiger partial charge in [0, 0.05) is 28.7 Å². The molecule has 0 radical (unpaired) electrons. The lowest BCUT2D eigenvalue weighted by molar-refractivity contribution is -0.386. The van der Waals surface area contributed by atoms with E-state index in [-0.39, 0.29) is 42.3 Å². The van der Waals surface area contributed by atoms with Crippen LogP contribution in [0.2, 0.25) is 0 Å². The number of benzene rings is 2. The molecule has 4 rings (SSSR count). The zero-order valence-corrected chi connectivity index (χ0v) is 24.2. The van der Waals surface area contributed by atoms with Crippen LogP contribution in [0.1, 0.15) is 60.5 Å². The Labute approximate surface area is 243 Å². The lowest BCUT2D eigenvalue weighted by Crippen LogP contribution is -2.17. The first-order valence-corrected chi connectivity index (χ1v) is 13.6.